The van der Waals surface area contributed by atoms with Crippen LogP contribution in [0.25, 0.3) is 0 Å². The summed E-state index contributed by atoms with van der Waals surface area (Å²) in [5, 5.41) is 7.89. The summed E-state index contributed by atoms with van der Waals surface area (Å²) in [5.41, 5.74) is 0. The number of esters is 1. The van der Waals surface area contributed by atoms with Gasteiger partial charge < -0.3 is 9.84 Å². The number of ether oxygens (including phenoxy) is 1. The van der Waals surface area contributed by atoms with Crippen LogP contribution in [-0.2, 0) is 9.53 Å². The van der Waals surface area contributed by atoms with Gasteiger partial charge in [-0.25, -0.2) is 4.79 Å². The molecule has 3 nitrogen and oxygen atoms in total. The van der Waals surface area contributed by atoms with Gasteiger partial charge >= 0.3 is 35.5 Å². The topological polar surface area (TPSA) is 46.5 Å². The fraction of sp³-hybridized carbons (Fsp3) is 0.400. The first kappa shape index (κ1) is 12.6. The second kappa shape index (κ2) is 7.05. The molecule has 0 aliphatic rings. The van der Waals surface area contributed by atoms with Gasteiger partial charge in [0.25, 0.3) is 0 Å². The van der Waals surface area contributed by atoms with Crippen molar-refractivity contribution in [1.82, 2.24) is 0 Å². The molecule has 0 fully saturated rings. The third kappa shape index (κ3) is 4.78. The molecule has 0 saturated carbocycles. The predicted molar refractivity (Wildman–Crippen MR) is 35.6 cm³/mol. The Bertz CT molecular complexity index is 135. The Morgan fingerprint density at radius 1 is 1.80 bits per heavy atom. The van der Waals surface area contributed by atoms with Crippen molar-refractivity contribution in [1.29, 1.82) is 0 Å². The molecule has 0 aromatic carbocycles. The number of aliphatic hydroxyl groups is 1. The minimum absolute atomic E-state index is 0. The zero-order valence-electron chi connectivity index (χ0n) is 4.93. The Kier molecular flexibility index (Phi) is 8.89. The van der Waals surface area contributed by atoms with Gasteiger partial charge in [-0.15, -0.1) is 0 Å². The fourth-order valence-corrected chi connectivity index (χ4v) is 0.253. The Balaban J connectivity index is 0. The molecular formula is C5H8FNaO3. The molecule has 0 heterocycles. The van der Waals surface area contributed by atoms with E-state index < -0.39 is 11.8 Å². The van der Waals surface area contributed by atoms with Crippen molar-refractivity contribution in [2.24, 2.45) is 0 Å². The molecular weight excluding hydrogens is 150 g/mol. The molecule has 0 atom stereocenters. The van der Waals surface area contributed by atoms with Crippen molar-refractivity contribution < 1.29 is 19.0 Å². The summed E-state index contributed by atoms with van der Waals surface area (Å²) >= 11 is 0. The number of hydrogen-bond acceptors (Lipinski definition) is 3. The maximum absolute atomic E-state index is 11.8. The van der Waals surface area contributed by atoms with E-state index in [1.165, 1.54) is 0 Å². The zero-order chi connectivity index (χ0) is 7.28. The Morgan fingerprint density at radius 3 is 2.60 bits per heavy atom. The van der Waals surface area contributed by atoms with E-state index in [0.717, 1.165) is 0 Å². The number of aliphatic hydroxyl groups excluding tert-OH is 1. The van der Waals surface area contributed by atoms with Crippen LogP contribution in [0.15, 0.2) is 12.1 Å². The first-order chi connectivity index (χ1) is 4.22. The third-order valence-corrected chi connectivity index (χ3v) is 0.584. The second-order valence-corrected chi connectivity index (χ2v) is 1.20. The first-order valence-electron chi connectivity index (χ1n) is 2.39. The molecule has 0 radical (unpaired) electrons. The summed E-state index contributed by atoms with van der Waals surface area (Å²) in [7, 11) is 0. The molecule has 0 aromatic rings. The van der Waals surface area contributed by atoms with Crippen LogP contribution in [0.5, 0.6) is 0 Å². The van der Waals surface area contributed by atoms with Gasteiger partial charge in [-0.3, -0.25) is 0 Å². The Labute approximate surface area is 80.2 Å². The van der Waals surface area contributed by atoms with E-state index in [1.807, 2.05) is 0 Å². The van der Waals surface area contributed by atoms with Crippen molar-refractivity contribution in [3.05, 3.63) is 12.1 Å². The van der Waals surface area contributed by atoms with Gasteiger partial charge in [0.1, 0.15) is 6.26 Å². The molecule has 5 heteroatoms. The van der Waals surface area contributed by atoms with Crippen LogP contribution in [0.3, 0.4) is 0 Å². The van der Waals surface area contributed by atoms with Crippen molar-refractivity contribution in [3.63, 3.8) is 0 Å². The normalized spacial score (nSPS) is 10.0. The maximum atomic E-state index is 11.8. The molecule has 0 aliphatic carbocycles. The van der Waals surface area contributed by atoms with Crippen LogP contribution in [0, 0.1) is 0 Å². The van der Waals surface area contributed by atoms with E-state index in [1.54, 1.807) is 6.92 Å². The molecule has 1 N–H and O–H groups in total. The van der Waals surface area contributed by atoms with Crippen LogP contribution in [0.2, 0.25) is 0 Å². The van der Waals surface area contributed by atoms with E-state index in [0.29, 0.717) is 0 Å². The monoisotopic (exact) mass is 158 g/mol. The van der Waals surface area contributed by atoms with Gasteiger partial charge in [0, 0.05) is 0 Å². The number of carbonyl (C=O) groups is 1. The molecule has 0 bridgehead atoms. The fourth-order valence-electron chi connectivity index (χ4n) is 0.253. The Morgan fingerprint density at radius 2 is 2.30 bits per heavy atom. The molecule has 0 unspecified atom stereocenters. The molecule has 0 spiro atoms. The molecule has 0 amide bonds. The molecule has 0 rings (SSSR count). The first-order valence-corrected chi connectivity index (χ1v) is 2.39. The molecule has 0 aliphatic heterocycles. The van der Waals surface area contributed by atoms with Gasteiger partial charge in [-0.1, -0.05) is 0 Å². The van der Waals surface area contributed by atoms with E-state index in [9.17, 15) is 9.18 Å². The van der Waals surface area contributed by atoms with Gasteiger partial charge in [0.05, 0.1) is 6.61 Å². The summed E-state index contributed by atoms with van der Waals surface area (Å²) in [6, 6.07) is 0. The van der Waals surface area contributed by atoms with Crippen LogP contribution >= 0.6 is 0 Å². The number of rotatable bonds is 2. The van der Waals surface area contributed by atoms with Gasteiger partial charge in [0.2, 0.25) is 5.83 Å². The van der Waals surface area contributed by atoms with E-state index >= 15 is 0 Å². The minimum atomic E-state index is -1.28. The third-order valence-electron chi connectivity index (χ3n) is 0.584. The van der Waals surface area contributed by atoms with Crippen molar-refractivity contribution >= 4 is 35.5 Å². The average molecular weight is 158 g/mol. The zero-order valence-corrected chi connectivity index (χ0v) is 4.93. The van der Waals surface area contributed by atoms with Gasteiger partial charge in [0.15, 0.2) is 0 Å². The summed E-state index contributed by atoms with van der Waals surface area (Å²) in [6.45, 7) is 1.64. The van der Waals surface area contributed by atoms with E-state index in [4.69, 9.17) is 5.11 Å². The van der Waals surface area contributed by atoms with Crippen molar-refractivity contribution in [2.45, 2.75) is 6.92 Å². The second-order valence-electron chi connectivity index (χ2n) is 1.20. The molecule has 0 aromatic heterocycles. The summed E-state index contributed by atoms with van der Waals surface area (Å²) < 4.78 is 16.0. The number of carbonyl (C=O) groups excluding carboxylic acids is 1. The summed E-state index contributed by atoms with van der Waals surface area (Å²) in [4.78, 5) is 10.1. The Hall–Kier alpha value is -0.0600. The van der Waals surface area contributed by atoms with Crippen molar-refractivity contribution in [3.8, 4) is 0 Å². The van der Waals surface area contributed by atoms with Gasteiger partial charge in [-0.2, -0.15) is 4.39 Å². The molecule has 10 heavy (non-hydrogen) atoms. The molecule has 54 valence electrons. The van der Waals surface area contributed by atoms with Crippen LogP contribution in [-0.4, -0.2) is 47.2 Å². The predicted octanol–water partition coefficient (Wildman–Crippen LogP) is 0.270. The average Bonchev–Trinajstić information content (AvgIpc) is 1.87. The molecule has 0 saturated heterocycles. The van der Waals surface area contributed by atoms with Crippen LogP contribution < -0.4 is 0 Å². The van der Waals surface area contributed by atoms with Crippen molar-refractivity contribution in [2.75, 3.05) is 6.61 Å². The van der Waals surface area contributed by atoms with Gasteiger partial charge in [-0.05, 0) is 6.92 Å². The standard InChI is InChI=1S/C5H7FO3.Na.H/c1-2-9-5(8)4(6)3-7;;/h3,7H,2H2,1H3;;. The van der Waals surface area contributed by atoms with E-state index in [-0.39, 0.29) is 42.4 Å². The van der Waals surface area contributed by atoms with Crippen LogP contribution in [0.4, 0.5) is 4.39 Å². The SMILES string of the molecule is CCOC(=O)C(F)=CO.[NaH]. The van der Waals surface area contributed by atoms with E-state index in [2.05, 4.69) is 4.74 Å². The quantitative estimate of drug-likeness (QED) is 0.271. The number of halogens is 1. The van der Waals surface area contributed by atoms with Crippen LogP contribution in [0.1, 0.15) is 6.92 Å². The number of hydrogen-bond donors (Lipinski definition) is 1. The summed E-state index contributed by atoms with van der Waals surface area (Å²) in [6.07, 6.45) is 0.0675. The summed E-state index contributed by atoms with van der Waals surface area (Å²) in [5.74, 6) is -2.42.